The lowest BCUT2D eigenvalue weighted by atomic mass is 10.1. The third kappa shape index (κ3) is 9.43. The number of nitrogens with one attached hydrogen (secondary N) is 2. The lowest BCUT2D eigenvalue weighted by molar-refractivity contribution is -0.122. The summed E-state index contributed by atoms with van der Waals surface area (Å²) in [7, 11) is 5.77. The Bertz CT molecular complexity index is 594. The third-order valence-electron chi connectivity index (χ3n) is 4.34. The number of aliphatic imine (C=N–C) groups is 1. The molecule has 6 heteroatoms. The van der Waals surface area contributed by atoms with Gasteiger partial charge in [0.05, 0.1) is 6.54 Å². The maximum Gasteiger partial charge on any atom is 0.240 e. The Hall–Kier alpha value is -2.08. The molecule has 0 aromatic heterocycles. The molecule has 0 saturated heterocycles. The van der Waals surface area contributed by atoms with Crippen LogP contribution in [0.1, 0.15) is 39.7 Å². The standard InChI is InChI=1S/C21H37N5O/c1-17(25(6)15-18-11-9-8-10-12-18)13-14-23-20(22-5)26(7)16-19(27)24-21(2,3)4/h8-12,17H,13-16H2,1-7H3,(H,22,23)(H,24,27). The normalized spacial score (nSPS) is 13.4. The van der Waals surface area contributed by atoms with Crippen LogP contribution in [-0.4, -0.2) is 67.5 Å². The van der Waals surface area contributed by atoms with Gasteiger partial charge in [0, 0.05) is 38.8 Å². The van der Waals surface area contributed by atoms with Crippen molar-refractivity contribution in [3.63, 3.8) is 0 Å². The average Bonchev–Trinajstić information content (AvgIpc) is 2.57. The summed E-state index contributed by atoms with van der Waals surface area (Å²) in [5.41, 5.74) is 1.09. The van der Waals surface area contributed by atoms with Crippen LogP contribution in [0.15, 0.2) is 35.3 Å². The SMILES string of the molecule is CN=C(NCCC(C)N(C)Cc1ccccc1)N(C)CC(=O)NC(C)(C)C. The predicted molar refractivity (Wildman–Crippen MR) is 114 cm³/mol. The minimum absolute atomic E-state index is 0.0103. The zero-order valence-electron chi connectivity index (χ0n) is 18.0. The smallest absolute Gasteiger partial charge is 0.240 e. The van der Waals surface area contributed by atoms with Crippen LogP contribution in [0.2, 0.25) is 0 Å². The molecule has 0 aliphatic carbocycles. The van der Waals surface area contributed by atoms with E-state index in [4.69, 9.17) is 0 Å². The molecule has 1 aromatic carbocycles. The minimum Gasteiger partial charge on any atom is -0.356 e. The van der Waals surface area contributed by atoms with Crippen LogP contribution in [0.25, 0.3) is 0 Å². The molecule has 27 heavy (non-hydrogen) atoms. The fraction of sp³-hybridized carbons (Fsp3) is 0.619. The molecule has 0 fully saturated rings. The van der Waals surface area contributed by atoms with Gasteiger partial charge in [0.15, 0.2) is 5.96 Å². The summed E-state index contributed by atoms with van der Waals surface area (Å²) in [6.45, 7) is 10.2. The Morgan fingerprint density at radius 1 is 1.19 bits per heavy atom. The van der Waals surface area contributed by atoms with Crippen molar-refractivity contribution in [1.29, 1.82) is 0 Å². The largest absolute Gasteiger partial charge is 0.356 e. The molecule has 0 bridgehead atoms. The van der Waals surface area contributed by atoms with Gasteiger partial charge in [0.25, 0.3) is 0 Å². The molecule has 0 saturated carbocycles. The van der Waals surface area contributed by atoms with Crippen molar-refractivity contribution in [3.8, 4) is 0 Å². The molecule has 0 aliphatic heterocycles. The Morgan fingerprint density at radius 2 is 1.81 bits per heavy atom. The van der Waals surface area contributed by atoms with Crippen molar-refractivity contribution < 1.29 is 4.79 Å². The van der Waals surface area contributed by atoms with Crippen LogP contribution < -0.4 is 10.6 Å². The molecular formula is C21H37N5O. The molecule has 1 atom stereocenters. The molecule has 2 N–H and O–H groups in total. The summed E-state index contributed by atoms with van der Waals surface area (Å²) in [5, 5.41) is 6.33. The van der Waals surface area contributed by atoms with Crippen molar-refractivity contribution in [2.75, 3.05) is 34.2 Å². The van der Waals surface area contributed by atoms with Gasteiger partial charge in [-0.1, -0.05) is 30.3 Å². The van der Waals surface area contributed by atoms with Gasteiger partial charge in [0.1, 0.15) is 0 Å². The van der Waals surface area contributed by atoms with Gasteiger partial charge in [-0.05, 0) is 46.7 Å². The van der Waals surface area contributed by atoms with Gasteiger partial charge in [-0.25, -0.2) is 0 Å². The number of likely N-dealkylation sites (N-methyl/N-ethyl adjacent to an activating group) is 1. The molecule has 0 aliphatic rings. The Balaban J connectivity index is 2.40. The number of benzene rings is 1. The van der Waals surface area contributed by atoms with Crippen molar-refractivity contribution in [1.82, 2.24) is 20.4 Å². The van der Waals surface area contributed by atoms with Gasteiger partial charge >= 0.3 is 0 Å². The number of hydrogen-bond acceptors (Lipinski definition) is 3. The minimum atomic E-state index is -0.229. The summed E-state index contributed by atoms with van der Waals surface area (Å²) >= 11 is 0. The number of rotatable bonds is 8. The van der Waals surface area contributed by atoms with E-state index in [1.807, 2.05) is 38.8 Å². The number of hydrogen-bond donors (Lipinski definition) is 2. The highest BCUT2D eigenvalue weighted by atomic mass is 16.2. The molecule has 6 nitrogen and oxygen atoms in total. The van der Waals surface area contributed by atoms with Crippen molar-refractivity contribution in [3.05, 3.63) is 35.9 Å². The summed E-state index contributed by atoms with van der Waals surface area (Å²) in [6.07, 6.45) is 0.990. The van der Waals surface area contributed by atoms with E-state index >= 15 is 0 Å². The topological polar surface area (TPSA) is 60.0 Å². The van der Waals surface area contributed by atoms with E-state index in [0.717, 1.165) is 25.5 Å². The third-order valence-corrected chi connectivity index (χ3v) is 4.34. The molecule has 0 spiro atoms. The molecule has 0 radical (unpaired) electrons. The van der Waals surface area contributed by atoms with Gasteiger partial charge in [0.2, 0.25) is 5.91 Å². The van der Waals surface area contributed by atoms with Crippen LogP contribution in [-0.2, 0) is 11.3 Å². The first kappa shape index (κ1) is 23.0. The van der Waals surface area contributed by atoms with E-state index in [1.54, 1.807) is 7.05 Å². The number of guanidine groups is 1. The highest BCUT2D eigenvalue weighted by Gasteiger charge is 2.17. The predicted octanol–water partition coefficient (Wildman–Crippen LogP) is 2.32. The quantitative estimate of drug-likeness (QED) is 0.541. The second-order valence-corrected chi connectivity index (χ2v) is 8.17. The number of carbonyl (C=O) groups is 1. The summed E-state index contributed by atoms with van der Waals surface area (Å²) < 4.78 is 0. The van der Waals surface area contributed by atoms with Crippen LogP contribution in [0, 0.1) is 0 Å². The lowest BCUT2D eigenvalue weighted by Crippen LogP contribution is -2.49. The Kier molecular flexibility index (Phi) is 9.29. The van der Waals surface area contributed by atoms with Crippen LogP contribution >= 0.6 is 0 Å². The van der Waals surface area contributed by atoms with E-state index < -0.39 is 0 Å². The summed E-state index contributed by atoms with van der Waals surface area (Å²) in [6, 6.07) is 10.9. The van der Waals surface area contributed by atoms with E-state index in [2.05, 4.69) is 58.8 Å². The zero-order valence-corrected chi connectivity index (χ0v) is 18.0. The number of nitrogens with zero attached hydrogens (tertiary/aromatic N) is 3. The summed E-state index contributed by atoms with van der Waals surface area (Å²) in [5.74, 6) is 0.723. The first-order valence-electron chi connectivity index (χ1n) is 9.59. The van der Waals surface area contributed by atoms with Gasteiger partial charge in [-0.15, -0.1) is 0 Å². The van der Waals surface area contributed by atoms with Gasteiger partial charge in [-0.2, -0.15) is 0 Å². The second kappa shape index (κ2) is 10.9. The van der Waals surface area contributed by atoms with Crippen LogP contribution in [0.4, 0.5) is 0 Å². The molecular weight excluding hydrogens is 338 g/mol. The molecule has 1 aromatic rings. The van der Waals surface area contributed by atoms with Gasteiger partial charge < -0.3 is 15.5 Å². The van der Waals surface area contributed by atoms with E-state index in [9.17, 15) is 4.79 Å². The highest BCUT2D eigenvalue weighted by molar-refractivity contribution is 5.86. The molecule has 1 unspecified atom stereocenters. The van der Waals surface area contributed by atoms with Gasteiger partial charge in [-0.3, -0.25) is 14.7 Å². The highest BCUT2D eigenvalue weighted by Crippen LogP contribution is 2.08. The van der Waals surface area contributed by atoms with E-state index in [-0.39, 0.29) is 18.0 Å². The molecule has 152 valence electrons. The Labute approximate surface area is 165 Å². The number of carbonyl (C=O) groups excluding carboxylic acids is 1. The average molecular weight is 376 g/mol. The lowest BCUT2D eigenvalue weighted by Gasteiger charge is -2.27. The van der Waals surface area contributed by atoms with E-state index in [0.29, 0.717) is 6.04 Å². The fourth-order valence-electron chi connectivity index (χ4n) is 2.77. The zero-order chi connectivity index (χ0) is 20.4. The first-order chi connectivity index (χ1) is 12.6. The van der Waals surface area contributed by atoms with Crippen molar-refractivity contribution >= 4 is 11.9 Å². The summed E-state index contributed by atoms with van der Waals surface area (Å²) in [4.78, 5) is 20.6. The maximum absolute atomic E-state index is 12.1. The monoisotopic (exact) mass is 375 g/mol. The van der Waals surface area contributed by atoms with E-state index in [1.165, 1.54) is 5.56 Å². The van der Waals surface area contributed by atoms with Crippen molar-refractivity contribution in [2.45, 2.75) is 52.2 Å². The number of amides is 1. The fourth-order valence-corrected chi connectivity index (χ4v) is 2.77. The maximum atomic E-state index is 12.1. The molecule has 0 heterocycles. The Morgan fingerprint density at radius 3 is 2.37 bits per heavy atom. The second-order valence-electron chi connectivity index (χ2n) is 8.17. The molecule has 1 amide bonds. The van der Waals surface area contributed by atoms with Crippen molar-refractivity contribution in [2.24, 2.45) is 4.99 Å². The van der Waals surface area contributed by atoms with Crippen LogP contribution in [0.5, 0.6) is 0 Å². The van der Waals surface area contributed by atoms with Crippen LogP contribution in [0.3, 0.4) is 0 Å². The molecule has 1 rings (SSSR count). The first-order valence-corrected chi connectivity index (χ1v) is 9.59.